The third-order valence-corrected chi connectivity index (χ3v) is 2.96. The topological polar surface area (TPSA) is 23.5 Å². The van der Waals surface area contributed by atoms with Crippen LogP contribution in [0.2, 0.25) is 0 Å². The lowest BCUT2D eigenvalue weighted by Gasteiger charge is -2.38. The lowest BCUT2D eigenvalue weighted by Crippen LogP contribution is -2.49. The molecule has 0 radical (unpaired) electrons. The molecule has 0 aromatic heterocycles. The molecule has 0 spiro atoms. The normalized spacial score (nSPS) is 24.0. The minimum absolute atomic E-state index is 0.290. The molecule has 0 aromatic rings. The molecular weight excluding hydrogens is 150 g/mol. The Hall–Kier alpha value is -0.0800. The van der Waals surface area contributed by atoms with Crippen LogP contribution in [0.15, 0.2) is 0 Å². The average molecular weight is 171 g/mol. The van der Waals surface area contributed by atoms with E-state index >= 15 is 0 Å². The van der Waals surface area contributed by atoms with Gasteiger partial charge in [0.1, 0.15) is 0 Å². The first-order valence-corrected chi connectivity index (χ1v) is 4.98. The quantitative estimate of drug-likeness (QED) is 0.682. The van der Waals surface area contributed by atoms with Crippen LogP contribution in [-0.4, -0.2) is 34.7 Å². The summed E-state index contributed by atoms with van der Waals surface area (Å²) in [6.45, 7) is 8.22. The molecule has 0 saturated carbocycles. The van der Waals surface area contributed by atoms with Crippen molar-refractivity contribution in [3.8, 4) is 0 Å². The molecule has 1 atom stereocenters. The molecule has 1 saturated heterocycles. The van der Waals surface area contributed by atoms with Crippen molar-refractivity contribution in [2.75, 3.05) is 13.1 Å². The molecule has 1 fully saturated rings. The van der Waals surface area contributed by atoms with Crippen molar-refractivity contribution >= 4 is 0 Å². The fourth-order valence-electron chi connectivity index (χ4n) is 1.75. The molecule has 1 N–H and O–H groups in total. The van der Waals surface area contributed by atoms with E-state index in [1.54, 1.807) is 0 Å². The van der Waals surface area contributed by atoms with Crippen molar-refractivity contribution in [1.82, 2.24) is 4.90 Å². The minimum atomic E-state index is -0.558. The van der Waals surface area contributed by atoms with Crippen LogP contribution in [-0.2, 0) is 0 Å². The molecular formula is C10H21NO. The second-order valence-corrected chi connectivity index (χ2v) is 4.43. The van der Waals surface area contributed by atoms with Crippen LogP contribution in [0.3, 0.4) is 0 Å². The monoisotopic (exact) mass is 171 g/mol. The van der Waals surface area contributed by atoms with E-state index in [9.17, 15) is 5.11 Å². The molecule has 0 bridgehead atoms. The van der Waals surface area contributed by atoms with Crippen molar-refractivity contribution in [2.24, 2.45) is 0 Å². The van der Waals surface area contributed by atoms with Crippen LogP contribution in [0.5, 0.6) is 0 Å². The van der Waals surface area contributed by atoms with Gasteiger partial charge in [0.25, 0.3) is 0 Å². The summed E-state index contributed by atoms with van der Waals surface area (Å²) in [7, 11) is 0. The van der Waals surface area contributed by atoms with Crippen molar-refractivity contribution in [1.29, 1.82) is 0 Å². The smallest absolute Gasteiger partial charge is 0.0743 e. The lowest BCUT2D eigenvalue weighted by molar-refractivity contribution is -0.0179. The summed E-state index contributed by atoms with van der Waals surface area (Å²) < 4.78 is 0. The van der Waals surface area contributed by atoms with Gasteiger partial charge in [-0.15, -0.1) is 0 Å². The highest BCUT2D eigenvalue weighted by molar-refractivity contribution is 4.83. The number of likely N-dealkylation sites (tertiary alicyclic amines) is 1. The van der Waals surface area contributed by atoms with Crippen LogP contribution in [0.4, 0.5) is 0 Å². The zero-order valence-electron chi connectivity index (χ0n) is 8.51. The molecule has 1 rings (SSSR count). The molecule has 12 heavy (non-hydrogen) atoms. The van der Waals surface area contributed by atoms with Gasteiger partial charge in [0.05, 0.1) is 5.60 Å². The highest BCUT2D eigenvalue weighted by Crippen LogP contribution is 2.19. The Bertz CT molecular complexity index is 133. The van der Waals surface area contributed by atoms with Gasteiger partial charge in [0.2, 0.25) is 0 Å². The Morgan fingerprint density at radius 1 is 1.17 bits per heavy atom. The molecule has 1 unspecified atom stereocenters. The van der Waals surface area contributed by atoms with Crippen LogP contribution in [0.25, 0.3) is 0 Å². The second-order valence-electron chi connectivity index (χ2n) is 4.43. The third-order valence-electron chi connectivity index (χ3n) is 2.96. The summed E-state index contributed by atoms with van der Waals surface area (Å²) in [6.07, 6.45) is 3.94. The molecule has 1 aliphatic heterocycles. The van der Waals surface area contributed by atoms with E-state index in [0.29, 0.717) is 0 Å². The molecule has 2 heteroatoms. The second kappa shape index (κ2) is 3.75. The molecule has 1 aliphatic rings. The van der Waals surface area contributed by atoms with Gasteiger partial charge in [-0.1, -0.05) is 6.42 Å². The van der Waals surface area contributed by atoms with E-state index in [-0.39, 0.29) is 6.04 Å². The summed E-state index contributed by atoms with van der Waals surface area (Å²) in [5.41, 5.74) is -0.558. The van der Waals surface area contributed by atoms with E-state index in [1.165, 1.54) is 19.3 Å². The van der Waals surface area contributed by atoms with Crippen molar-refractivity contribution < 1.29 is 5.11 Å². The van der Waals surface area contributed by atoms with E-state index < -0.39 is 5.60 Å². The van der Waals surface area contributed by atoms with Crippen molar-refractivity contribution in [3.63, 3.8) is 0 Å². The standard InChI is InChI=1S/C10H21NO/c1-9(10(2,3)12)11-7-5-4-6-8-11/h9,12H,4-8H2,1-3H3. The van der Waals surface area contributed by atoms with Gasteiger partial charge in [0.15, 0.2) is 0 Å². The highest BCUT2D eigenvalue weighted by atomic mass is 16.3. The Kier molecular flexibility index (Phi) is 3.13. The summed E-state index contributed by atoms with van der Waals surface area (Å²) in [6, 6.07) is 0.290. The van der Waals surface area contributed by atoms with E-state index in [0.717, 1.165) is 13.1 Å². The molecule has 0 amide bonds. The summed E-state index contributed by atoms with van der Waals surface area (Å²) in [5.74, 6) is 0. The third kappa shape index (κ3) is 2.46. The predicted molar refractivity (Wildman–Crippen MR) is 51.2 cm³/mol. The van der Waals surface area contributed by atoms with E-state index in [1.807, 2.05) is 13.8 Å². The maximum Gasteiger partial charge on any atom is 0.0743 e. The maximum absolute atomic E-state index is 9.80. The van der Waals surface area contributed by atoms with Gasteiger partial charge in [-0.05, 0) is 46.7 Å². The number of aliphatic hydroxyl groups is 1. The first-order chi connectivity index (χ1) is 5.52. The number of rotatable bonds is 2. The summed E-state index contributed by atoms with van der Waals surface area (Å²) in [5, 5.41) is 9.80. The van der Waals surface area contributed by atoms with Gasteiger partial charge in [-0.25, -0.2) is 0 Å². The lowest BCUT2D eigenvalue weighted by atomic mass is 9.97. The maximum atomic E-state index is 9.80. The first kappa shape index (κ1) is 10.0. The molecule has 72 valence electrons. The molecule has 1 heterocycles. The number of hydrogen-bond acceptors (Lipinski definition) is 2. The largest absolute Gasteiger partial charge is 0.389 e. The van der Waals surface area contributed by atoms with Crippen LogP contribution in [0.1, 0.15) is 40.0 Å². The number of hydrogen-bond donors (Lipinski definition) is 1. The van der Waals surface area contributed by atoms with Gasteiger partial charge < -0.3 is 5.11 Å². The predicted octanol–water partition coefficient (Wildman–Crippen LogP) is 1.63. The fourth-order valence-corrected chi connectivity index (χ4v) is 1.75. The summed E-state index contributed by atoms with van der Waals surface area (Å²) in [4.78, 5) is 2.39. The van der Waals surface area contributed by atoms with Crippen LogP contribution in [0, 0.1) is 0 Å². The van der Waals surface area contributed by atoms with Gasteiger partial charge in [0, 0.05) is 6.04 Å². The molecule has 0 aliphatic carbocycles. The Labute approximate surface area is 75.6 Å². The van der Waals surface area contributed by atoms with Crippen molar-refractivity contribution in [2.45, 2.75) is 51.7 Å². The number of piperidine rings is 1. The average Bonchev–Trinajstić information content (AvgIpc) is 2.03. The Morgan fingerprint density at radius 3 is 2.08 bits per heavy atom. The van der Waals surface area contributed by atoms with Crippen LogP contribution >= 0.6 is 0 Å². The van der Waals surface area contributed by atoms with E-state index in [4.69, 9.17) is 0 Å². The van der Waals surface area contributed by atoms with Gasteiger partial charge in [-0.2, -0.15) is 0 Å². The van der Waals surface area contributed by atoms with Gasteiger partial charge >= 0.3 is 0 Å². The molecule has 0 aromatic carbocycles. The Balaban J connectivity index is 2.45. The van der Waals surface area contributed by atoms with E-state index in [2.05, 4.69) is 11.8 Å². The first-order valence-electron chi connectivity index (χ1n) is 4.98. The van der Waals surface area contributed by atoms with Crippen molar-refractivity contribution in [3.05, 3.63) is 0 Å². The number of nitrogens with zero attached hydrogens (tertiary/aromatic N) is 1. The van der Waals surface area contributed by atoms with Crippen LogP contribution < -0.4 is 0 Å². The SMILES string of the molecule is CC(N1CCCCC1)C(C)(C)O. The highest BCUT2D eigenvalue weighted by Gasteiger charge is 2.28. The zero-order chi connectivity index (χ0) is 9.19. The minimum Gasteiger partial charge on any atom is -0.389 e. The summed E-state index contributed by atoms with van der Waals surface area (Å²) >= 11 is 0. The molecule has 2 nitrogen and oxygen atoms in total. The van der Waals surface area contributed by atoms with Gasteiger partial charge in [-0.3, -0.25) is 4.90 Å². The zero-order valence-corrected chi connectivity index (χ0v) is 8.51. The fraction of sp³-hybridized carbons (Fsp3) is 1.00. The Morgan fingerprint density at radius 2 is 1.67 bits per heavy atom.